The van der Waals surface area contributed by atoms with Crippen molar-refractivity contribution in [2.45, 2.75) is 4.90 Å². The van der Waals surface area contributed by atoms with Crippen molar-refractivity contribution in [2.24, 2.45) is 5.10 Å². The smallest absolute Gasteiger partial charge is 0.280 e. The maximum Gasteiger partial charge on any atom is 0.280 e. The summed E-state index contributed by atoms with van der Waals surface area (Å²) in [6.45, 7) is 4.29. The monoisotopic (exact) mass is 528 g/mol. The molecule has 0 bridgehead atoms. The fraction of sp³-hybridized carbons (Fsp3) is 0.304. The van der Waals surface area contributed by atoms with Crippen LogP contribution in [0.3, 0.4) is 0 Å². The Labute approximate surface area is 215 Å². The second-order valence-corrected chi connectivity index (χ2v) is 9.76. The van der Waals surface area contributed by atoms with E-state index in [0.717, 1.165) is 24.0 Å². The summed E-state index contributed by atoms with van der Waals surface area (Å²) in [5.41, 5.74) is 2.25. The molecule has 4 rings (SSSR count). The third-order valence-corrected chi connectivity index (χ3v) is 7.31. The molecular formula is C23H25ClN8O3S. The number of nitrogens with zero attached hydrogens (tertiary/aromatic N) is 7. The van der Waals surface area contributed by atoms with Gasteiger partial charge in [-0.25, -0.2) is 4.52 Å². The average Bonchev–Trinajstić information content (AvgIpc) is 3.30. The van der Waals surface area contributed by atoms with Crippen LogP contribution in [0.15, 0.2) is 52.7 Å². The first-order valence-corrected chi connectivity index (χ1v) is 12.3. The van der Waals surface area contributed by atoms with Gasteiger partial charge in [0.15, 0.2) is 0 Å². The number of benzene rings is 1. The molecule has 0 spiro atoms. The van der Waals surface area contributed by atoms with Crippen molar-refractivity contribution in [2.75, 3.05) is 51.8 Å². The molecule has 3 aromatic rings. The molecule has 0 unspecified atom stereocenters. The van der Waals surface area contributed by atoms with Crippen molar-refractivity contribution in [1.82, 2.24) is 18.9 Å². The quantitative estimate of drug-likeness (QED) is 0.345. The summed E-state index contributed by atoms with van der Waals surface area (Å²) in [5.74, 6) is 0. The normalized spacial score (nSPS) is 14.2. The fourth-order valence-electron chi connectivity index (χ4n) is 3.64. The number of fused-ring (bicyclic) bond motifs is 1. The van der Waals surface area contributed by atoms with E-state index in [0.29, 0.717) is 42.1 Å². The zero-order valence-corrected chi connectivity index (χ0v) is 21.2. The summed E-state index contributed by atoms with van der Waals surface area (Å²) in [4.78, 5) is 2.20. The van der Waals surface area contributed by atoms with E-state index in [1.807, 2.05) is 6.07 Å². The molecule has 1 aromatic carbocycles. The van der Waals surface area contributed by atoms with Crippen LogP contribution in [0.4, 0.5) is 5.69 Å². The first-order chi connectivity index (χ1) is 16.9. The van der Waals surface area contributed by atoms with Crippen molar-refractivity contribution in [3.63, 3.8) is 0 Å². The summed E-state index contributed by atoms with van der Waals surface area (Å²) in [7, 11) is -2.74. The number of nitriles is 2. The first kappa shape index (κ1) is 26.9. The molecule has 0 atom stereocenters. The Balaban J connectivity index is 0.00000361. The van der Waals surface area contributed by atoms with Crippen LogP contribution >= 0.6 is 12.4 Å². The van der Waals surface area contributed by atoms with E-state index >= 15 is 0 Å². The van der Waals surface area contributed by atoms with Crippen LogP contribution < -0.4 is 5.32 Å². The third-order valence-electron chi connectivity index (χ3n) is 5.62. The number of rotatable bonds is 8. The molecule has 0 radical (unpaired) electrons. The summed E-state index contributed by atoms with van der Waals surface area (Å²) < 4.78 is 34.5. The number of morpholine rings is 1. The minimum Gasteiger partial charge on any atom is -0.383 e. The van der Waals surface area contributed by atoms with Gasteiger partial charge >= 0.3 is 0 Å². The highest BCUT2D eigenvalue weighted by molar-refractivity contribution is 7.89. The van der Waals surface area contributed by atoms with E-state index in [-0.39, 0.29) is 22.9 Å². The Kier molecular flexibility index (Phi) is 8.85. The third kappa shape index (κ3) is 5.93. The Morgan fingerprint density at radius 2 is 1.92 bits per heavy atom. The van der Waals surface area contributed by atoms with E-state index in [1.54, 1.807) is 35.0 Å². The molecule has 0 amide bonds. The van der Waals surface area contributed by atoms with E-state index in [9.17, 15) is 13.7 Å². The van der Waals surface area contributed by atoms with E-state index in [2.05, 4.69) is 26.5 Å². The largest absolute Gasteiger partial charge is 0.383 e. The molecule has 0 aliphatic carbocycles. The number of pyridine rings is 1. The van der Waals surface area contributed by atoms with Gasteiger partial charge in [-0.05, 0) is 30.3 Å². The van der Waals surface area contributed by atoms with E-state index < -0.39 is 10.0 Å². The Morgan fingerprint density at radius 3 is 2.64 bits per heavy atom. The summed E-state index contributed by atoms with van der Waals surface area (Å²) >= 11 is 0. The lowest BCUT2D eigenvalue weighted by atomic mass is 10.2. The second-order valence-electron chi connectivity index (χ2n) is 7.84. The highest BCUT2D eigenvalue weighted by atomic mass is 35.5. The van der Waals surface area contributed by atoms with Gasteiger partial charge in [0.1, 0.15) is 4.90 Å². The van der Waals surface area contributed by atoms with Gasteiger partial charge in [-0.2, -0.15) is 33.6 Å². The maximum atomic E-state index is 13.4. The Hall–Kier alpha value is -3.68. The second kappa shape index (κ2) is 11.8. The number of aromatic nitrogens is 2. The lowest BCUT2D eigenvalue weighted by Gasteiger charge is -2.27. The fourth-order valence-corrected chi connectivity index (χ4v) is 4.79. The molecule has 11 nitrogen and oxygen atoms in total. The van der Waals surface area contributed by atoms with E-state index in [1.165, 1.54) is 25.5 Å². The molecule has 1 fully saturated rings. The van der Waals surface area contributed by atoms with Crippen LogP contribution in [-0.4, -0.2) is 80.0 Å². The number of nitrogens with one attached hydrogen (secondary N) is 1. The van der Waals surface area contributed by atoms with Gasteiger partial charge in [0, 0.05) is 45.0 Å². The average molecular weight is 529 g/mol. The van der Waals surface area contributed by atoms with Gasteiger partial charge < -0.3 is 10.1 Å². The molecule has 2 aromatic heterocycles. The van der Waals surface area contributed by atoms with Crippen LogP contribution in [0.1, 0.15) is 16.7 Å². The van der Waals surface area contributed by atoms with Crippen LogP contribution in [0.25, 0.3) is 5.52 Å². The molecule has 36 heavy (non-hydrogen) atoms. The van der Waals surface area contributed by atoms with Crippen molar-refractivity contribution in [3.05, 3.63) is 59.4 Å². The number of anilines is 1. The lowest BCUT2D eigenvalue weighted by molar-refractivity contribution is 0.0398. The van der Waals surface area contributed by atoms with Gasteiger partial charge in [0.2, 0.25) is 0 Å². The number of hydrogen-bond acceptors (Lipinski definition) is 9. The summed E-state index contributed by atoms with van der Waals surface area (Å²) in [6, 6.07) is 11.8. The number of hydrazone groups is 1. The van der Waals surface area contributed by atoms with Gasteiger partial charge in [-0.15, -0.1) is 12.4 Å². The van der Waals surface area contributed by atoms with Crippen LogP contribution in [0, 0.1) is 22.7 Å². The van der Waals surface area contributed by atoms with Gasteiger partial charge in [0.05, 0.1) is 60.1 Å². The van der Waals surface area contributed by atoms with E-state index in [4.69, 9.17) is 10.00 Å². The Morgan fingerprint density at radius 1 is 1.19 bits per heavy atom. The van der Waals surface area contributed by atoms with Gasteiger partial charge in [-0.3, -0.25) is 4.90 Å². The molecule has 13 heteroatoms. The Bertz CT molecular complexity index is 1440. The highest BCUT2D eigenvalue weighted by Crippen LogP contribution is 2.26. The first-order valence-electron chi connectivity index (χ1n) is 10.9. The molecule has 1 aliphatic rings. The molecule has 0 saturated carbocycles. The number of sulfonamides is 1. The minimum atomic E-state index is -4.07. The minimum absolute atomic E-state index is 0. The zero-order chi connectivity index (χ0) is 24.8. The maximum absolute atomic E-state index is 13.4. The number of halogens is 1. The molecule has 1 saturated heterocycles. The van der Waals surface area contributed by atoms with Gasteiger partial charge in [-0.1, -0.05) is 0 Å². The van der Waals surface area contributed by atoms with Crippen LogP contribution in [0.2, 0.25) is 0 Å². The van der Waals surface area contributed by atoms with Crippen LogP contribution in [0.5, 0.6) is 0 Å². The molecule has 1 aliphatic heterocycles. The predicted molar refractivity (Wildman–Crippen MR) is 137 cm³/mol. The molecule has 188 valence electrons. The predicted octanol–water partition coefficient (Wildman–Crippen LogP) is 1.90. The number of hydrogen-bond donors (Lipinski definition) is 1. The van der Waals surface area contributed by atoms with Gasteiger partial charge in [0.25, 0.3) is 10.0 Å². The zero-order valence-electron chi connectivity index (χ0n) is 19.5. The standard InChI is InChI=1S/C23H24N8O3S.ClH/c1-29(27-16-20-17-28-31-6-4-19(15-25)12-22(20)31)35(32,33)23-13-18(14-24)2-3-21(23)26-5-7-30-8-10-34-11-9-30;/h2-4,6,12-13,16-17,26H,5,7-11H2,1H3;1H/b27-16-;. The molecular weight excluding hydrogens is 504 g/mol. The van der Waals surface area contributed by atoms with Crippen molar-refractivity contribution in [1.29, 1.82) is 10.5 Å². The number of ether oxygens (including phenoxy) is 1. The lowest BCUT2D eigenvalue weighted by Crippen LogP contribution is -2.39. The van der Waals surface area contributed by atoms with Crippen LogP contribution in [-0.2, 0) is 14.8 Å². The molecule has 3 heterocycles. The highest BCUT2D eigenvalue weighted by Gasteiger charge is 2.24. The van der Waals surface area contributed by atoms with Crippen molar-refractivity contribution in [3.8, 4) is 12.1 Å². The SMILES string of the molecule is CN(/N=C\c1cnn2ccc(C#N)cc12)S(=O)(=O)c1cc(C#N)ccc1NCCN1CCOCC1.Cl. The van der Waals surface area contributed by atoms with Crippen molar-refractivity contribution < 1.29 is 13.2 Å². The topological polar surface area (TPSA) is 139 Å². The van der Waals surface area contributed by atoms with Crippen molar-refractivity contribution >= 4 is 39.8 Å². The summed E-state index contributed by atoms with van der Waals surface area (Å²) in [6.07, 6.45) is 4.56. The molecule has 1 N–H and O–H groups in total. The summed E-state index contributed by atoms with van der Waals surface area (Å²) in [5, 5.41) is 30.0.